The summed E-state index contributed by atoms with van der Waals surface area (Å²) in [5.74, 6) is -1.14. The number of carboxylic acid groups (broad SMARTS) is 1. The van der Waals surface area contributed by atoms with E-state index in [-0.39, 0.29) is 17.9 Å². The molecule has 14 heavy (non-hydrogen) atoms. The molecule has 5 nitrogen and oxygen atoms in total. The topological polar surface area (TPSA) is 92.8 Å². The molecule has 0 saturated heterocycles. The fourth-order valence-electron chi connectivity index (χ4n) is 1.13. The third-order valence-electron chi connectivity index (χ3n) is 1.85. The first-order valence-electron chi connectivity index (χ1n) is 3.93. The molecule has 76 valence electrons. The molecule has 4 N–H and O–H groups in total. The highest BCUT2D eigenvalue weighted by molar-refractivity contribution is 5.91. The first-order chi connectivity index (χ1) is 6.60. The van der Waals surface area contributed by atoms with Crippen LogP contribution in [0.5, 0.6) is 11.5 Å². The van der Waals surface area contributed by atoms with Crippen LogP contribution >= 0.6 is 0 Å². The molecule has 0 saturated carbocycles. The standard InChI is InChI=1S/C9H11NO4/c1-14-8-3-7(11)6(9(12)13)2-5(8)4-10/h2-3,11H,4,10H2,1H3,(H,12,13). The Kier molecular flexibility index (Phi) is 2.93. The number of hydrogen-bond acceptors (Lipinski definition) is 4. The number of aromatic hydroxyl groups is 1. The van der Waals surface area contributed by atoms with Crippen LogP contribution in [0.3, 0.4) is 0 Å². The summed E-state index contributed by atoms with van der Waals surface area (Å²) in [6.07, 6.45) is 0. The highest BCUT2D eigenvalue weighted by Gasteiger charge is 2.13. The zero-order valence-corrected chi connectivity index (χ0v) is 7.65. The summed E-state index contributed by atoms with van der Waals surface area (Å²) < 4.78 is 4.92. The molecular weight excluding hydrogens is 186 g/mol. The van der Waals surface area contributed by atoms with Crippen molar-refractivity contribution in [1.82, 2.24) is 0 Å². The van der Waals surface area contributed by atoms with Gasteiger partial charge in [-0.1, -0.05) is 0 Å². The van der Waals surface area contributed by atoms with Crippen LogP contribution in [-0.2, 0) is 6.54 Å². The maximum Gasteiger partial charge on any atom is 0.339 e. The molecule has 0 radical (unpaired) electrons. The predicted octanol–water partition coefficient (Wildman–Crippen LogP) is 0.558. The molecular formula is C9H11NO4. The van der Waals surface area contributed by atoms with E-state index in [0.717, 1.165) is 0 Å². The Morgan fingerprint density at radius 2 is 2.21 bits per heavy atom. The third kappa shape index (κ3) is 1.77. The minimum Gasteiger partial charge on any atom is -0.507 e. The van der Waals surface area contributed by atoms with Crippen LogP contribution in [-0.4, -0.2) is 23.3 Å². The Balaban J connectivity index is 3.30. The van der Waals surface area contributed by atoms with E-state index < -0.39 is 5.97 Å². The fraction of sp³-hybridized carbons (Fsp3) is 0.222. The van der Waals surface area contributed by atoms with Crippen LogP contribution in [0.2, 0.25) is 0 Å². The average Bonchev–Trinajstić information content (AvgIpc) is 2.16. The highest BCUT2D eigenvalue weighted by atomic mass is 16.5. The van der Waals surface area contributed by atoms with Crippen LogP contribution in [0.25, 0.3) is 0 Å². The number of rotatable bonds is 3. The summed E-state index contributed by atoms with van der Waals surface area (Å²) in [5.41, 5.74) is 5.76. The first kappa shape index (κ1) is 10.3. The highest BCUT2D eigenvalue weighted by Crippen LogP contribution is 2.27. The molecule has 0 aromatic heterocycles. The van der Waals surface area contributed by atoms with Crippen molar-refractivity contribution >= 4 is 5.97 Å². The van der Waals surface area contributed by atoms with E-state index in [1.165, 1.54) is 19.2 Å². The molecule has 0 fully saturated rings. The summed E-state index contributed by atoms with van der Waals surface area (Å²) >= 11 is 0. The maximum absolute atomic E-state index is 10.6. The third-order valence-corrected chi connectivity index (χ3v) is 1.85. The molecule has 1 rings (SSSR count). The van der Waals surface area contributed by atoms with Gasteiger partial charge in [-0.3, -0.25) is 0 Å². The quantitative estimate of drug-likeness (QED) is 0.658. The van der Waals surface area contributed by atoms with Crippen molar-refractivity contribution in [3.63, 3.8) is 0 Å². The van der Waals surface area contributed by atoms with Gasteiger partial charge in [-0.25, -0.2) is 4.79 Å². The fourth-order valence-corrected chi connectivity index (χ4v) is 1.13. The van der Waals surface area contributed by atoms with Crippen LogP contribution in [0, 0.1) is 0 Å². The number of phenols is 1. The second-order valence-corrected chi connectivity index (χ2v) is 2.69. The molecule has 0 aliphatic carbocycles. The Morgan fingerprint density at radius 1 is 1.57 bits per heavy atom. The molecule has 0 aliphatic heterocycles. The van der Waals surface area contributed by atoms with Crippen LogP contribution in [0.15, 0.2) is 12.1 Å². The van der Waals surface area contributed by atoms with Crippen molar-refractivity contribution in [2.24, 2.45) is 5.73 Å². The lowest BCUT2D eigenvalue weighted by Gasteiger charge is -2.08. The summed E-state index contributed by atoms with van der Waals surface area (Å²) in [6, 6.07) is 2.54. The first-order valence-corrected chi connectivity index (χ1v) is 3.93. The van der Waals surface area contributed by atoms with Gasteiger partial charge < -0.3 is 20.7 Å². The Labute approximate surface area is 80.7 Å². The van der Waals surface area contributed by atoms with Crippen molar-refractivity contribution in [1.29, 1.82) is 0 Å². The number of nitrogens with two attached hydrogens (primary N) is 1. The second-order valence-electron chi connectivity index (χ2n) is 2.69. The monoisotopic (exact) mass is 197 g/mol. The number of ether oxygens (including phenoxy) is 1. The second kappa shape index (κ2) is 3.97. The number of carbonyl (C=O) groups is 1. The zero-order chi connectivity index (χ0) is 10.7. The zero-order valence-electron chi connectivity index (χ0n) is 7.65. The SMILES string of the molecule is COc1cc(O)c(C(=O)O)cc1CN. The Morgan fingerprint density at radius 3 is 2.64 bits per heavy atom. The van der Waals surface area contributed by atoms with Crippen molar-refractivity contribution in [2.75, 3.05) is 7.11 Å². The van der Waals surface area contributed by atoms with E-state index in [1.807, 2.05) is 0 Å². The van der Waals surface area contributed by atoms with Gasteiger partial charge in [0.2, 0.25) is 0 Å². The largest absolute Gasteiger partial charge is 0.507 e. The summed E-state index contributed by atoms with van der Waals surface area (Å²) in [4.78, 5) is 10.6. The van der Waals surface area contributed by atoms with Gasteiger partial charge in [0.05, 0.1) is 7.11 Å². The lowest BCUT2D eigenvalue weighted by molar-refractivity contribution is 0.0693. The van der Waals surface area contributed by atoms with E-state index in [0.29, 0.717) is 11.3 Å². The Bertz CT molecular complexity index is 362. The van der Waals surface area contributed by atoms with E-state index in [9.17, 15) is 9.90 Å². The summed E-state index contributed by atoms with van der Waals surface area (Å²) in [7, 11) is 1.42. The molecule has 5 heteroatoms. The molecule has 0 unspecified atom stereocenters. The Hall–Kier alpha value is -1.75. The van der Waals surface area contributed by atoms with Gasteiger partial charge in [0.15, 0.2) is 0 Å². The molecule has 0 heterocycles. The lowest BCUT2D eigenvalue weighted by atomic mass is 10.1. The average molecular weight is 197 g/mol. The number of hydrogen-bond donors (Lipinski definition) is 3. The van der Waals surface area contributed by atoms with Crippen molar-refractivity contribution in [3.05, 3.63) is 23.3 Å². The molecule has 1 aromatic rings. The van der Waals surface area contributed by atoms with Crippen LogP contribution < -0.4 is 10.5 Å². The van der Waals surface area contributed by atoms with Crippen LogP contribution in [0.1, 0.15) is 15.9 Å². The van der Waals surface area contributed by atoms with Gasteiger partial charge in [-0.2, -0.15) is 0 Å². The minimum atomic E-state index is -1.19. The van der Waals surface area contributed by atoms with Crippen LogP contribution in [0.4, 0.5) is 0 Å². The smallest absolute Gasteiger partial charge is 0.339 e. The summed E-state index contributed by atoms with van der Waals surface area (Å²) in [6.45, 7) is 0.156. The van der Waals surface area contributed by atoms with E-state index >= 15 is 0 Å². The normalized spacial score (nSPS) is 9.86. The van der Waals surface area contributed by atoms with Gasteiger partial charge >= 0.3 is 5.97 Å². The molecule has 0 aliphatic rings. The maximum atomic E-state index is 10.6. The van der Waals surface area contributed by atoms with Gasteiger partial charge in [-0.15, -0.1) is 0 Å². The molecule has 0 spiro atoms. The van der Waals surface area contributed by atoms with E-state index in [2.05, 4.69) is 0 Å². The van der Waals surface area contributed by atoms with Gasteiger partial charge in [0.25, 0.3) is 0 Å². The summed E-state index contributed by atoms with van der Waals surface area (Å²) in [5, 5.41) is 18.0. The minimum absolute atomic E-state index is 0.156. The molecule has 0 bridgehead atoms. The number of carboxylic acids is 1. The van der Waals surface area contributed by atoms with Gasteiger partial charge in [-0.05, 0) is 6.07 Å². The van der Waals surface area contributed by atoms with E-state index in [1.54, 1.807) is 0 Å². The molecule has 0 atom stereocenters. The van der Waals surface area contributed by atoms with E-state index in [4.69, 9.17) is 15.6 Å². The number of benzene rings is 1. The van der Waals surface area contributed by atoms with Gasteiger partial charge in [0.1, 0.15) is 17.1 Å². The van der Waals surface area contributed by atoms with Crippen molar-refractivity contribution in [3.8, 4) is 11.5 Å². The van der Waals surface area contributed by atoms with Crippen molar-refractivity contribution < 1.29 is 19.7 Å². The number of aromatic carboxylic acids is 1. The van der Waals surface area contributed by atoms with Gasteiger partial charge in [0, 0.05) is 18.2 Å². The molecule has 0 amide bonds. The van der Waals surface area contributed by atoms with Crippen molar-refractivity contribution in [2.45, 2.75) is 6.54 Å². The predicted molar refractivity (Wildman–Crippen MR) is 49.5 cm³/mol. The lowest BCUT2D eigenvalue weighted by Crippen LogP contribution is -2.04. The number of methoxy groups -OCH3 is 1. The molecule has 1 aromatic carbocycles.